The van der Waals surface area contributed by atoms with Gasteiger partial charge in [0, 0.05) is 11.5 Å². The number of allylic oxidation sites excluding steroid dienone is 1. The van der Waals surface area contributed by atoms with Crippen molar-refractivity contribution in [1.29, 1.82) is 0 Å². The monoisotopic (exact) mass is 695 g/mol. The van der Waals surface area contributed by atoms with Crippen LogP contribution in [0.15, 0.2) is 12.2 Å². The van der Waals surface area contributed by atoms with Gasteiger partial charge < -0.3 is 20.1 Å². The first-order valence-electron chi connectivity index (χ1n) is 20.9. The van der Waals surface area contributed by atoms with Crippen molar-refractivity contribution in [2.75, 3.05) is 26.2 Å². The van der Waals surface area contributed by atoms with E-state index in [0.29, 0.717) is 40.0 Å². The fourth-order valence-electron chi connectivity index (χ4n) is 14.5. The highest BCUT2D eigenvalue weighted by Crippen LogP contribution is 2.78. The van der Waals surface area contributed by atoms with Crippen LogP contribution in [0.2, 0.25) is 0 Å². The zero-order chi connectivity index (χ0) is 36.5. The Morgan fingerprint density at radius 3 is 2.22 bits per heavy atom. The molecule has 2 N–H and O–H groups in total. The van der Waals surface area contributed by atoms with Crippen LogP contribution in [0.1, 0.15) is 152 Å². The van der Waals surface area contributed by atoms with Crippen molar-refractivity contribution in [3.63, 3.8) is 0 Å². The number of carboxylic acid groups (broad SMARTS) is 1. The van der Waals surface area contributed by atoms with Crippen molar-refractivity contribution in [3.05, 3.63) is 12.2 Å². The molecule has 0 bridgehead atoms. The third-order valence-electron chi connectivity index (χ3n) is 17.7. The van der Waals surface area contributed by atoms with Gasteiger partial charge in [-0.25, -0.2) is 0 Å². The maximum atomic E-state index is 13.1. The molecule has 0 aromatic carbocycles. The predicted molar refractivity (Wildman–Crippen MR) is 203 cm³/mol. The van der Waals surface area contributed by atoms with Crippen molar-refractivity contribution >= 4 is 11.9 Å². The van der Waals surface area contributed by atoms with E-state index in [0.717, 1.165) is 24.7 Å². The summed E-state index contributed by atoms with van der Waals surface area (Å²) in [6.07, 6.45) is 16.2. The average molecular weight is 695 g/mol. The molecule has 1 heterocycles. The first-order chi connectivity index (χ1) is 23.3. The number of likely N-dealkylation sites (tertiary alicyclic amines) is 1. The minimum absolute atomic E-state index is 0.0839. The molecule has 6 aliphatic rings. The second-order valence-corrected chi connectivity index (χ2v) is 20.7. The van der Waals surface area contributed by atoms with Crippen molar-refractivity contribution in [2.45, 2.75) is 164 Å². The number of nitrogens with zero attached hydrogens (tertiary/aromatic N) is 1. The fourth-order valence-corrected chi connectivity index (χ4v) is 14.5. The van der Waals surface area contributed by atoms with Crippen LogP contribution in [0.4, 0.5) is 0 Å². The number of piperidine rings is 1. The number of carbonyl (C=O) groups excluding carboxylic acids is 1. The van der Waals surface area contributed by atoms with E-state index < -0.39 is 11.4 Å². The summed E-state index contributed by atoms with van der Waals surface area (Å²) < 4.78 is 6.21. The summed E-state index contributed by atoms with van der Waals surface area (Å²) in [5, 5.41) is 13.7. The Bertz CT molecular complexity index is 1300. The largest absolute Gasteiger partial charge is 0.481 e. The van der Waals surface area contributed by atoms with Crippen LogP contribution >= 0.6 is 0 Å². The molecule has 1 saturated heterocycles. The highest BCUT2D eigenvalue weighted by Gasteiger charge is 2.71. The quantitative estimate of drug-likeness (QED) is 0.175. The number of esters is 1. The lowest BCUT2D eigenvalue weighted by molar-refractivity contribution is -0.250. The Hall–Kier alpha value is -1.40. The Morgan fingerprint density at radius 2 is 1.58 bits per heavy atom. The molecule has 6 rings (SSSR count). The zero-order valence-electron chi connectivity index (χ0n) is 33.6. The summed E-state index contributed by atoms with van der Waals surface area (Å²) >= 11 is 0. The van der Waals surface area contributed by atoms with Crippen LogP contribution in [0, 0.1) is 62.1 Å². The van der Waals surface area contributed by atoms with E-state index in [1.165, 1.54) is 102 Å². The molecule has 0 amide bonds. The first-order valence-corrected chi connectivity index (χ1v) is 20.9. The molecule has 284 valence electrons. The number of nitrogens with one attached hydrogen (secondary N) is 1. The van der Waals surface area contributed by atoms with Gasteiger partial charge in [0.1, 0.15) is 6.10 Å². The Balaban J connectivity index is 1.19. The molecule has 6 fully saturated rings. The summed E-state index contributed by atoms with van der Waals surface area (Å²) in [6.45, 7) is 30.1. The molecule has 0 aromatic heterocycles. The number of aliphatic carboxylic acids is 1. The van der Waals surface area contributed by atoms with Crippen LogP contribution in [-0.2, 0) is 14.3 Å². The van der Waals surface area contributed by atoms with Gasteiger partial charge >= 0.3 is 11.9 Å². The fraction of sp³-hybridized carbons (Fsp3) is 0.909. The SMILES string of the molecule is C=C(C)[C@@H]1CC[C@]2(CCNC3CCN(CC)CC3)CC[C@]3(C)[C@H](CC[C@@H]4[C@@]5(C)CC[C@H](OC(=O)CC(C)(C)C(=O)O)C(C)(C)[C@@H]5CC[C@]43C)[C@@H]12. The van der Waals surface area contributed by atoms with Crippen LogP contribution in [0.25, 0.3) is 0 Å². The van der Waals surface area contributed by atoms with E-state index in [-0.39, 0.29) is 29.3 Å². The lowest BCUT2D eigenvalue weighted by Gasteiger charge is -2.73. The number of hydrogen-bond acceptors (Lipinski definition) is 5. The van der Waals surface area contributed by atoms with Gasteiger partial charge in [0.25, 0.3) is 0 Å². The minimum atomic E-state index is -1.12. The molecule has 0 unspecified atom stereocenters. The number of carbonyl (C=O) groups is 2. The molecular formula is C44H74N2O4. The van der Waals surface area contributed by atoms with Crippen LogP contribution in [0.5, 0.6) is 0 Å². The number of ether oxygens (including phenoxy) is 1. The second kappa shape index (κ2) is 13.5. The average Bonchev–Trinajstić information content (AvgIpc) is 3.43. The zero-order valence-corrected chi connectivity index (χ0v) is 33.6. The molecule has 6 heteroatoms. The normalized spacial score (nSPS) is 43.2. The van der Waals surface area contributed by atoms with Crippen LogP contribution in [0.3, 0.4) is 0 Å². The van der Waals surface area contributed by atoms with E-state index in [1.54, 1.807) is 13.8 Å². The van der Waals surface area contributed by atoms with E-state index in [2.05, 4.69) is 65.3 Å². The molecule has 1 aliphatic heterocycles. The molecule has 0 radical (unpaired) electrons. The van der Waals surface area contributed by atoms with Gasteiger partial charge in [-0.2, -0.15) is 0 Å². The lowest BCUT2D eigenvalue weighted by atomic mass is 9.32. The number of hydrogen-bond donors (Lipinski definition) is 2. The second-order valence-electron chi connectivity index (χ2n) is 20.7. The van der Waals surface area contributed by atoms with Gasteiger partial charge in [0.15, 0.2) is 0 Å². The maximum Gasteiger partial charge on any atom is 0.309 e. The predicted octanol–water partition coefficient (Wildman–Crippen LogP) is 9.52. The molecule has 5 saturated carbocycles. The maximum absolute atomic E-state index is 13.1. The smallest absolute Gasteiger partial charge is 0.309 e. The van der Waals surface area contributed by atoms with Gasteiger partial charge in [-0.1, -0.05) is 53.7 Å². The summed E-state index contributed by atoms with van der Waals surface area (Å²) in [4.78, 5) is 27.4. The third-order valence-corrected chi connectivity index (χ3v) is 17.7. The Morgan fingerprint density at radius 1 is 0.880 bits per heavy atom. The summed E-state index contributed by atoms with van der Waals surface area (Å²) in [6, 6.07) is 0.685. The van der Waals surface area contributed by atoms with E-state index in [9.17, 15) is 14.7 Å². The third kappa shape index (κ3) is 6.14. The summed E-state index contributed by atoms with van der Waals surface area (Å²) in [7, 11) is 0. The molecule has 5 aliphatic carbocycles. The Labute approximate surface area is 305 Å². The number of fused-ring (bicyclic) bond motifs is 7. The van der Waals surface area contributed by atoms with E-state index in [4.69, 9.17) is 4.74 Å². The topological polar surface area (TPSA) is 78.9 Å². The van der Waals surface area contributed by atoms with Gasteiger partial charge in [-0.3, -0.25) is 9.59 Å². The van der Waals surface area contributed by atoms with Gasteiger partial charge in [0.2, 0.25) is 0 Å². The number of carboxylic acids is 1. The van der Waals surface area contributed by atoms with E-state index >= 15 is 0 Å². The number of rotatable bonds is 10. The Kier molecular flexibility index (Phi) is 10.3. The lowest BCUT2D eigenvalue weighted by Crippen LogP contribution is -2.66. The molecule has 0 spiro atoms. The van der Waals surface area contributed by atoms with Gasteiger partial charge in [0.05, 0.1) is 11.8 Å². The summed E-state index contributed by atoms with van der Waals surface area (Å²) in [5.41, 5.74) is 1.46. The molecule has 0 aromatic rings. The highest BCUT2D eigenvalue weighted by molar-refractivity contribution is 5.81. The van der Waals surface area contributed by atoms with Gasteiger partial charge in [-0.15, -0.1) is 0 Å². The molecular weight excluding hydrogens is 620 g/mol. The highest BCUT2D eigenvalue weighted by atomic mass is 16.5. The van der Waals surface area contributed by atoms with Crippen molar-refractivity contribution in [1.82, 2.24) is 10.2 Å². The van der Waals surface area contributed by atoms with Crippen molar-refractivity contribution in [2.24, 2.45) is 62.1 Å². The minimum Gasteiger partial charge on any atom is -0.481 e. The van der Waals surface area contributed by atoms with Crippen LogP contribution in [-0.4, -0.2) is 60.3 Å². The van der Waals surface area contributed by atoms with E-state index in [1.807, 2.05) is 0 Å². The summed E-state index contributed by atoms with van der Waals surface area (Å²) in [5.74, 6) is 2.02. The van der Waals surface area contributed by atoms with Crippen molar-refractivity contribution in [3.8, 4) is 0 Å². The van der Waals surface area contributed by atoms with Crippen molar-refractivity contribution < 1.29 is 19.4 Å². The van der Waals surface area contributed by atoms with Gasteiger partial charge in [-0.05, 0) is 182 Å². The molecule has 50 heavy (non-hydrogen) atoms. The standard InChI is InChI=1S/C44H74N2O4/c1-11-46-26-17-30(18-27-46)45-25-24-44-21-14-31(29(2)3)37(44)32-12-13-34-41(8)19-16-35(50-36(47)28-39(4,5)38(48)49)40(6,7)33(41)15-20-43(34,10)42(32,9)22-23-44/h30-35,37,45H,2,11-28H2,1,3-10H3,(H,48,49)/t31-,32+,33-,34+,35-,37+,41-,42+,43+,44+/m0/s1. The first kappa shape index (κ1) is 38.3. The molecule has 10 atom stereocenters. The molecule has 6 nitrogen and oxygen atoms in total. The van der Waals surface area contributed by atoms with Crippen LogP contribution < -0.4 is 5.32 Å².